The maximum Gasteiger partial charge on any atom is 0.247 e. The van der Waals surface area contributed by atoms with E-state index < -0.39 is 6.04 Å². The molecular formula is C27H26ClN3O6. The van der Waals surface area contributed by atoms with Crippen LogP contribution in [0.4, 0.5) is 5.69 Å². The summed E-state index contributed by atoms with van der Waals surface area (Å²) in [5.41, 5.74) is 3.82. The van der Waals surface area contributed by atoms with Gasteiger partial charge in [-0.3, -0.25) is 4.79 Å². The van der Waals surface area contributed by atoms with E-state index in [0.717, 1.165) is 5.56 Å². The number of halogens is 1. The van der Waals surface area contributed by atoms with Gasteiger partial charge in [-0.05, 0) is 47.2 Å². The summed E-state index contributed by atoms with van der Waals surface area (Å²) in [7, 11) is 6.15. The van der Waals surface area contributed by atoms with Crippen molar-refractivity contribution in [2.75, 3.05) is 33.8 Å². The number of anilines is 1. The molecule has 2 N–H and O–H groups in total. The fourth-order valence-corrected chi connectivity index (χ4v) is 4.18. The van der Waals surface area contributed by atoms with Gasteiger partial charge in [0.2, 0.25) is 11.7 Å². The van der Waals surface area contributed by atoms with Crippen molar-refractivity contribution in [2.24, 2.45) is 0 Å². The van der Waals surface area contributed by atoms with Crippen molar-refractivity contribution in [2.45, 2.75) is 6.04 Å². The second-order valence-corrected chi connectivity index (χ2v) is 8.07. The molecule has 0 spiro atoms. The predicted molar refractivity (Wildman–Crippen MR) is 140 cm³/mol. The molecule has 1 amide bonds. The molecule has 9 nitrogen and oxygen atoms in total. The molecular weight excluding hydrogens is 498 g/mol. The SMILES string of the molecule is COc1ccc(-c2conc2-c2cc(OC)c(OC)c(OC)c2)cc1NC(=O)C(NCl)c1ccccc1. The summed E-state index contributed by atoms with van der Waals surface area (Å²) < 4.78 is 27.2. The molecule has 4 rings (SSSR count). The number of nitrogens with one attached hydrogen (secondary N) is 2. The maximum absolute atomic E-state index is 13.1. The summed E-state index contributed by atoms with van der Waals surface area (Å²) >= 11 is 5.92. The quantitative estimate of drug-likeness (QED) is 0.264. The topological polar surface area (TPSA) is 104 Å². The van der Waals surface area contributed by atoms with Crippen molar-refractivity contribution in [1.82, 2.24) is 9.99 Å². The molecule has 0 aliphatic heterocycles. The van der Waals surface area contributed by atoms with E-state index in [9.17, 15) is 4.79 Å². The number of benzene rings is 3. The van der Waals surface area contributed by atoms with Crippen molar-refractivity contribution in [3.05, 3.63) is 72.5 Å². The second kappa shape index (κ2) is 11.7. The smallest absolute Gasteiger partial charge is 0.247 e. The molecule has 0 saturated heterocycles. The molecule has 1 heterocycles. The van der Waals surface area contributed by atoms with Crippen molar-refractivity contribution in [1.29, 1.82) is 0 Å². The molecule has 0 fully saturated rings. The normalized spacial score (nSPS) is 11.5. The van der Waals surface area contributed by atoms with E-state index in [4.69, 9.17) is 35.2 Å². The lowest BCUT2D eigenvalue weighted by molar-refractivity contribution is -0.117. The number of carbonyl (C=O) groups excluding carboxylic acids is 1. The van der Waals surface area contributed by atoms with E-state index in [1.807, 2.05) is 36.4 Å². The van der Waals surface area contributed by atoms with Gasteiger partial charge in [-0.15, -0.1) is 0 Å². The summed E-state index contributed by atoms with van der Waals surface area (Å²) in [6, 6.07) is 17.3. The number of aromatic nitrogens is 1. The highest BCUT2D eigenvalue weighted by atomic mass is 35.5. The highest BCUT2D eigenvalue weighted by Gasteiger charge is 2.23. The first-order valence-corrected chi connectivity index (χ1v) is 11.6. The van der Waals surface area contributed by atoms with Gasteiger partial charge < -0.3 is 28.8 Å². The van der Waals surface area contributed by atoms with Crippen LogP contribution in [0.2, 0.25) is 0 Å². The van der Waals surface area contributed by atoms with Crippen LogP contribution in [0.25, 0.3) is 22.4 Å². The van der Waals surface area contributed by atoms with Crippen LogP contribution in [-0.2, 0) is 4.79 Å². The number of hydrogen-bond acceptors (Lipinski definition) is 8. The molecule has 1 unspecified atom stereocenters. The fourth-order valence-electron chi connectivity index (χ4n) is 3.96. The summed E-state index contributed by atoms with van der Waals surface area (Å²) in [6.07, 6.45) is 1.53. The van der Waals surface area contributed by atoms with Gasteiger partial charge in [0, 0.05) is 11.1 Å². The molecule has 10 heteroatoms. The fraction of sp³-hybridized carbons (Fsp3) is 0.185. The van der Waals surface area contributed by atoms with E-state index in [0.29, 0.717) is 51.1 Å². The van der Waals surface area contributed by atoms with Crippen LogP contribution in [0.3, 0.4) is 0 Å². The lowest BCUT2D eigenvalue weighted by Crippen LogP contribution is -2.28. The molecule has 1 atom stereocenters. The van der Waals surface area contributed by atoms with Gasteiger partial charge in [-0.1, -0.05) is 41.6 Å². The minimum atomic E-state index is -0.776. The van der Waals surface area contributed by atoms with Crippen LogP contribution in [0, 0.1) is 0 Å². The van der Waals surface area contributed by atoms with Crippen molar-refractivity contribution >= 4 is 23.4 Å². The van der Waals surface area contributed by atoms with E-state index in [1.54, 1.807) is 38.5 Å². The Morgan fingerprint density at radius 2 is 1.54 bits per heavy atom. The first-order chi connectivity index (χ1) is 18.0. The Morgan fingerprint density at radius 1 is 0.865 bits per heavy atom. The van der Waals surface area contributed by atoms with Gasteiger partial charge in [0.25, 0.3) is 0 Å². The monoisotopic (exact) mass is 523 g/mol. The van der Waals surface area contributed by atoms with Crippen LogP contribution >= 0.6 is 11.8 Å². The predicted octanol–water partition coefficient (Wildman–Crippen LogP) is 5.47. The highest BCUT2D eigenvalue weighted by molar-refractivity contribution is 6.16. The van der Waals surface area contributed by atoms with Crippen molar-refractivity contribution < 1.29 is 28.3 Å². The van der Waals surface area contributed by atoms with Gasteiger partial charge in [0.1, 0.15) is 23.7 Å². The lowest BCUT2D eigenvalue weighted by Gasteiger charge is -2.17. The third-order valence-corrected chi connectivity index (χ3v) is 6.00. The van der Waals surface area contributed by atoms with Crippen LogP contribution < -0.4 is 29.1 Å². The first kappa shape index (κ1) is 25.9. The number of ether oxygens (including phenoxy) is 4. The molecule has 0 radical (unpaired) electrons. The lowest BCUT2D eigenvalue weighted by atomic mass is 10.00. The standard InChI is InChI=1S/C27H26ClN3O6/c1-33-21-11-10-17(12-20(21)29-27(32)25(30-28)16-8-6-5-7-9-16)19-15-37-31-24(19)18-13-22(34-2)26(36-4)23(14-18)35-3/h5-15,25,30H,1-4H3,(H,29,32). The van der Waals surface area contributed by atoms with E-state index in [-0.39, 0.29) is 5.91 Å². The average Bonchev–Trinajstić information content (AvgIpc) is 3.43. The molecule has 0 bridgehead atoms. The Balaban J connectivity index is 1.72. The number of carbonyl (C=O) groups is 1. The van der Waals surface area contributed by atoms with Crippen LogP contribution in [0.5, 0.6) is 23.0 Å². The van der Waals surface area contributed by atoms with Gasteiger partial charge in [0.05, 0.1) is 34.1 Å². The summed E-state index contributed by atoms with van der Waals surface area (Å²) in [5.74, 6) is 1.55. The molecule has 0 aliphatic rings. The minimum absolute atomic E-state index is 0.355. The second-order valence-electron chi connectivity index (χ2n) is 7.85. The average molecular weight is 524 g/mol. The Labute approximate surface area is 219 Å². The van der Waals surface area contributed by atoms with Crippen LogP contribution in [0.1, 0.15) is 11.6 Å². The molecule has 192 valence electrons. The highest BCUT2D eigenvalue weighted by Crippen LogP contribution is 2.43. The molecule has 37 heavy (non-hydrogen) atoms. The number of hydrogen-bond donors (Lipinski definition) is 2. The van der Waals surface area contributed by atoms with Crippen molar-refractivity contribution in [3.63, 3.8) is 0 Å². The zero-order valence-corrected chi connectivity index (χ0v) is 21.5. The summed E-state index contributed by atoms with van der Waals surface area (Å²) in [6.45, 7) is 0. The van der Waals surface area contributed by atoms with Gasteiger partial charge in [0.15, 0.2) is 11.5 Å². The Bertz CT molecular complexity index is 1350. The molecule has 0 aliphatic carbocycles. The third kappa shape index (κ3) is 5.32. The van der Waals surface area contributed by atoms with Crippen molar-refractivity contribution in [3.8, 4) is 45.4 Å². The zero-order valence-electron chi connectivity index (χ0n) is 20.7. The van der Waals surface area contributed by atoms with E-state index >= 15 is 0 Å². The van der Waals surface area contributed by atoms with E-state index in [1.165, 1.54) is 20.5 Å². The summed E-state index contributed by atoms with van der Waals surface area (Å²) in [5, 5.41) is 7.12. The number of rotatable bonds is 10. The Hall–Kier alpha value is -4.21. The number of amides is 1. The maximum atomic E-state index is 13.1. The van der Waals surface area contributed by atoms with Crippen LogP contribution in [-0.4, -0.2) is 39.5 Å². The number of nitrogens with zero attached hydrogens (tertiary/aromatic N) is 1. The van der Waals surface area contributed by atoms with E-state index in [2.05, 4.69) is 15.3 Å². The largest absolute Gasteiger partial charge is 0.495 e. The molecule has 4 aromatic rings. The van der Waals surface area contributed by atoms with Crippen LogP contribution in [0.15, 0.2) is 71.4 Å². The molecule has 1 aromatic heterocycles. The third-order valence-electron chi connectivity index (χ3n) is 5.78. The summed E-state index contributed by atoms with van der Waals surface area (Å²) in [4.78, 5) is 15.7. The number of methoxy groups -OCH3 is 4. The molecule has 0 saturated carbocycles. The van der Waals surface area contributed by atoms with Gasteiger partial charge >= 0.3 is 0 Å². The first-order valence-electron chi connectivity index (χ1n) is 11.2. The molecule has 3 aromatic carbocycles. The Kier molecular flexibility index (Phi) is 8.17. The minimum Gasteiger partial charge on any atom is -0.495 e. The Morgan fingerprint density at radius 3 is 2.14 bits per heavy atom. The van der Waals surface area contributed by atoms with Gasteiger partial charge in [-0.25, -0.2) is 4.84 Å². The zero-order chi connectivity index (χ0) is 26.4. The van der Waals surface area contributed by atoms with Gasteiger partial charge in [-0.2, -0.15) is 0 Å².